The fraction of sp³-hybridized carbons (Fsp3) is 0.357. The Balaban J connectivity index is 0.000000201. The van der Waals surface area contributed by atoms with Crippen LogP contribution in [-0.2, 0) is 56.8 Å². The number of aliphatic hydroxyl groups excluding tert-OH is 3. The van der Waals surface area contributed by atoms with Crippen LogP contribution in [0, 0.1) is 0 Å². The Bertz CT molecular complexity index is 5830. The monoisotopic (exact) mass is 2050 g/mol. The molecule has 5 aliphatic rings. The van der Waals surface area contributed by atoms with Crippen molar-refractivity contribution in [2.45, 2.75) is 91.9 Å². The van der Waals surface area contributed by atoms with E-state index in [-0.39, 0.29) is 99.1 Å². The van der Waals surface area contributed by atoms with Gasteiger partial charge in [-0.25, -0.2) is 58.5 Å². The molecule has 0 spiro atoms. The minimum Gasteiger partial charge on any atom is -0.497 e. The van der Waals surface area contributed by atoms with Gasteiger partial charge in [0.05, 0.1) is 130 Å². The maximum atomic E-state index is 13.0. The number of aliphatic hydroxyl groups is 3. The molecule has 0 saturated carbocycles. The predicted octanol–water partition coefficient (Wildman–Crippen LogP) is 14.9. The summed E-state index contributed by atoms with van der Waals surface area (Å²) in [5.41, 5.74) is -0.463. The number of ether oxygens (including phenoxy) is 22. The van der Waals surface area contributed by atoms with Gasteiger partial charge in [0.1, 0.15) is 142 Å². The third kappa shape index (κ3) is 32.1. The normalized spacial score (nSPS) is 15.2. The van der Waals surface area contributed by atoms with Crippen molar-refractivity contribution in [1.29, 1.82) is 0 Å². The summed E-state index contributed by atoms with van der Waals surface area (Å²) in [6, 6.07) is 67.7. The van der Waals surface area contributed by atoms with Crippen LogP contribution in [0.25, 0.3) is 0 Å². The number of esters is 7. The van der Waals surface area contributed by atoms with Crippen LogP contribution in [0.15, 0.2) is 268 Å². The largest absolute Gasteiger partial charge is 0.497 e. The van der Waals surface area contributed by atoms with Gasteiger partial charge in [-0.3, -0.25) is 0 Å². The minimum absolute atomic E-state index is 0.0557. The van der Waals surface area contributed by atoms with E-state index in [2.05, 4.69) is 9.98 Å². The summed E-state index contributed by atoms with van der Waals surface area (Å²) < 4.78 is 120. The molecule has 3 N–H and O–H groups in total. The van der Waals surface area contributed by atoms with Crippen LogP contribution in [0.2, 0.25) is 0 Å². The molecule has 0 radical (unpaired) electrons. The highest BCUT2D eigenvalue weighted by Gasteiger charge is 2.45. The Morgan fingerprint density at radius 3 is 0.577 bits per heavy atom. The molecule has 15 rings (SSSR count). The van der Waals surface area contributed by atoms with Crippen LogP contribution in [-0.4, -0.2) is 284 Å². The first-order chi connectivity index (χ1) is 72.3. The molecule has 0 saturated heterocycles. The SMILES string of the molecule is COc1ccc(C(=O)OCC2(COC(=O)c3ccc(OC)cc3)COC(CCCCCCCCCCC3=NC(COC(=O)c4ccc(OC)cc4)(COC(=O)c4ccc(OC)cc4)CO3)=N2)cc1.COc1ccc(C(=O)OCC2(COC(=O)c3ccc(OC)cc3)COC(c3ccc(OC)cc3)=N2)cc1.COc1ccc(C(=O)OC[C@@]2(CO)COC(c3ccc(OC)cc3)=N2)cc1.COc1ccc(C2=NC(CO)(CO)CO2)cc1. The quantitative estimate of drug-likeness (QED) is 0.0181. The van der Waals surface area contributed by atoms with E-state index in [1.165, 1.54) is 0 Å². The number of hydrogen-bond acceptors (Lipinski definition) is 37. The maximum Gasteiger partial charge on any atom is 0.338 e. The summed E-state index contributed by atoms with van der Waals surface area (Å²) >= 11 is 0. The van der Waals surface area contributed by atoms with Gasteiger partial charge in [-0.05, 0) is 255 Å². The average Bonchev–Trinajstić information content (AvgIpc) is 1.65. The zero-order valence-corrected chi connectivity index (χ0v) is 84.7. The molecule has 37 nitrogen and oxygen atoms in total. The van der Waals surface area contributed by atoms with Gasteiger partial charge in [0, 0.05) is 29.5 Å². The van der Waals surface area contributed by atoms with Crippen molar-refractivity contribution in [2.24, 2.45) is 25.0 Å². The molecule has 1 atom stereocenters. The van der Waals surface area contributed by atoms with Gasteiger partial charge in [-0.2, -0.15) is 0 Å². The molecule has 0 amide bonds. The zero-order valence-electron chi connectivity index (χ0n) is 84.7. The Morgan fingerprint density at radius 2 is 0.376 bits per heavy atom. The first kappa shape index (κ1) is 111. The number of aliphatic imine (C=N–C) groups is 5. The van der Waals surface area contributed by atoms with E-state index in [9.17, 15) is 48.9 Å². The minimum atomic E-state index is -1.13. The lowest BCUT2D eigenvalue weighted by Gasteiger charge is -2.23. The number of unbranched alkanes of at least 4 members (excludes halogenated alkanes) is 7. The third-order valence-corrected chi connectivity index (χ3v) is 24.2. The second kappa shape index (κ2) is 55.3. The van der Waals surface area contributed by atoms with Gasteiger partial charge < -0.3 is 120 Å². The molecule has 0 unspecified atom stereocenters. The fourth-order valence-electron chi connectivity index (χ4n) is 15.1. The Hall–Kier alpha value is -16.3. The van der Waals surface area contributed by atoms with Crippen molar-refractivity contribution < 1.29 is 153 Å². The molecule has 149 heavy (non-hydrogen) atoms. The Morgan fingerprint density at radius 1 is 0.215 bits per heavy atom. The van der Waals surface area contributed by atoms with E-state index in [0.29, 0.717) is 133 Å². The molecule has 788 valence electrons. The molecule has 10 aromatic rings. The van der Waals surface area contributed by atoms with E-state index in [1.54, 1.807) is 289 Å². The number of carbonyl (C=O) groups excluding carboxylic acids is 7. The highest BCUT2D eigenvalue weighted by Crippen LogP contribution is 2.33. The number of hydrogen-bond donors (Lipinski definition) is 3. The van der Waals surface area contributed by atoms with Gasteiger partial charge in [-0.15, -0.1) is 0 Å². The van der Waals surface area contributed by atoms with Crippen LogP contribution >= 0.6 is 0 Å². The number of nitrogens with zero attached hydrogens (tertiary/aromatic N) is 5. The molecule has 10 aromatic carbocycles. The van der Waals surface area contributed by atoms with Crippen molar-refractivity contribution in [3.63, 3.8) is 0 Å². The van der Waals surface area contributed by atoms with Gasteiger partial charge in [0.15, 0.2) is 34.0 Å². The summed E-state index contributed by atoms with van der Waals surface area (Å²) in [6.07, 6.45) is 9.10. The topological polar surface area (TPSA) is 445 Å². The van der Waals surface area contributed by atoms with Gasteiger partial charge in [0.2, 0.25) is 17.7 Å². The molecule has 5 heterocycles. The summed E-state index contributed by atoms with van der Waals surface area (Å²) in [5, 5.41) is 28.2. The molecule has 37 heteroatoms. The number of carbonyl (C=O) groups is 7. The van der Waals surface area contributed by atoms with E-state index in [4.69, 9.17) is 119 Å². The van der Waals surface area contributed by atoms with Gasteiger partial charge in [-0.1, -0.05) is 38.5 Å². The van der Waals surface area contributed by atoms with Crippen molar-refractivity contribution in [3.8, 4) is 57.5 Å². The average molecular weight is 2050 g/mol. The van der Waals surface area contributed by atoms with Crippen LogP contribution < -0.4 is 47.4 Å². The van der Waals surface area contributed by atoms with Gasteiger partial charge in [0.25, 0.3) is 0 Å². The smallest absolute Gasteiger partial charge is 0.338 e. The number of rotatable bonds is 48. The van der Waals surface area contributed by atoms with E-state index in [1.807, 2.05) is 24.3 Å². The van der Waals surface area contributed by atoms with E-state index >= 15 is 0 Å². The molecule has 0 bridgehead atoms. The summed E-state index contributed by atoms with van der Waals surface area (Å²) in [7, 11) is 15.6. The van der Waals surface area contributed by atoms with Gasteiger partial charge >= 0.3 is 41.8 Å². The molecule has 0 aliphatic carbocycles. The van der Waals surface area contributed by atoms with Crippen LogP contribution in [0.1, 0.15) is 153 Å². The van der Waals surface area contributed by atoms with Crippen LogP contribution in [0.5, 0.6) is 57.5 Å². The lowest BCUT2D eigenvalue weighted by atomic mass is 10.0. The Kier molecular flexibility index (Phi) is 41.4. The first-order valence-corrected chi connectivity index (χ1v) is 47.9. The zero-order chi connectivity index (χ0) is 106. The van der Waals surface area contributed by atoms with Crippen molar-refractivity contribution in [1.82, 2.24) is 0 Å². The summed E-state index contributed by atoms with van der Waals surface area (Å²) in [4.78, 5) is 112. The molecule has 0 fully saturated rings. The molecule has 0 aromatic heterocycles. The highest BCUT2D eigenvalue weighted by atomic mass is 16.6. The second-order valence-electron chi connectivity index (χ2n) is 34.9. The lowest BCUT2D eigenvalue weighted by Crippen LogP contribution is -2.41. The van der Waals surface area contributed by atoms with Crippen LogP contribution in [0.3, 0.4) is 0 Å². The second-order valence-corrected chi connectivity index (χ2v) is 34.9. The van der Waals surface area contributed by atoms with Crippen molar-refractivity contribution >= 4 is 71.3 Å². The molecule has 5 aliphatic heterocycles. The highest BCUT2D eigenvalue weighted by molar-refractivity contribution is 5.99. The lowest BCUT2D eigenvalue weighted by molar-refractivity contribution is 0.0134. The van der Waals surface area contributed by atoms with Crippen molar-refractivity contribution in [2.75, 3.05) is 170 Å². The van der Waals surface area contributed by atoms with E-state index in [0.717, 1.165) is 74.0 Å². The number of methoxy groups -OCH3 is 10. The number of benzene rings is 10. The fourth-order valence-corrected chi connectivity index (χ4v) is 15.1. The maximum absolute atomic E-state index is 13.0. The van der Waals surface area contributed by atoms with E-state index < -0.39 is 69.5 Å². The van der Waals surface area contributed by atoms with Crippen LogP contribution in [0.4, 0.5) is 0 Å². The first-order valence-electron chi connectivity index (χ1n) is 47.9. The molecular weight excluding hydrogens is 1930 g/mol. The third-order valence-electron chi connectivity index (χ3n) is 24.2. The standard InChI is InChI=1S/C52H60N2O14.C28H27NO8.C20H21NO6.C12H15NO4/c1-59-41-23-15-37(16-24-41)47(55)65-33-51(34-66-48(56)38-17-25-42(60-2)26-18-38)31-63-45(53-51)13-11-9-7-5-6-8-10-12-14-46-54-52(32-64-46,35-67-49(57)39-19-27-43(61-3)28-20-39)36-68-50(58)40-21-29-44(62-4)30-22-40;1-32-22-10-4-19(5-11-22)25-29-28(16-35-25,17-36-26(30)20-6-12-23(33-2)13-7-20)18-37-27(31)21-8-14-24(34-3)15-9-21;1-24-16-7-3-14(4-8-16)18-21-20(11-22,12-26-18)13-27-19(23)15-5-9-17(25-2)10-6-15;1-16-10-4-2-9(3-5-10)11-13-12(6-14,7-15)8-17-11/h15-30H,5-14,31-36H2,1-4H3;4-15H,16-18H2,1-3H3;3-10,22H,11-13H2,1-2H3;2-5,14-15H,6-8H2,1H3/t;;20-;/m..1./s1. The molecular formula is C112H123N5O32. The summed E-state index contributed by atoms with van der Waals surface area (Å²) in [6.45, 7) is -1.16. The Labute approximate surface area is 862 Å². The van der Waals surface area contributed by atoms with Crippen molar-refractivity contribution in [3.05, 3.63) is 298 Å². The summed E-state index contributed by atoms with van der Waals surface area (Å²) in [5.74, 6) is 5.03. The predicted molar refractivity (Wildman–Crippen MR) is 547 cm³/mol.